The molecule has 1 aromatic heterocycles. The number of H-pyrrole nitrogens is 1. The topological polar surface area (TPSA) is 132 Å². The minimum absolute atomic E-state index is 0.147. The monoisotopic (exact) mass is 528 g/mol. The molecule has 3 heterocycles. The number of hydrogen-bond acceptors (Lipinski definition) is 9. The van der Waals surface area contributed by atoms with Crippen molar-refractivity contribution in [3.8, 4) is 5.75 Å². The number of aromatic amines is 1. The SMILES string of the molecule is BC(B)(OP1(=O)OCc2cc(C)cc(C)c2O1)[C@@]1(F)O[C@@](B)(n2cc(F)c(=S)[nH]c2=O)[C@H](O)[C@@H]1O. The van der Waals surface area contributed by atoms with Gasteiger partial charge in [0.05, 0.1) is 12.0 Å². The third kappa shape index (κ3) is 4.14. The average Bonchev–Trinajstić information content (AvgIpc) is 2.93. The lowest BCUT2D eigenvalue weighted by molar-refractivity contribution is -0.240. The van der Waals surface area contributed by atoms with Crippen LogP contribution in [0.2, 0.25) is 0 Å². The zero-order valence-corrected chi connectivity index (χ0v) is 21.2. The van der Waals surface area contributed by atoms with E-state index in [9.17, 15) is 24.0 Å². The fourth-order valence-corrected chi connectivity index (χ4v) is 6.07. The van der Waals surface area contributed by atoms with E-state index in [-0.39, 0.29) is 12.4 Å². The Balaban J connectivity index is 1.68. The minimum atomic E-state index is -4.45. The Morgan fingerprint density at radius 1 is 1.34 bits per heavy atom. The standard InChI is InChI=1S/C18H22B3F2N2O8PS/c1-7-3-8(2)11-9(4-7)6-30-34(29,31-11)33-18(20,21)16(23)12(26)13(27)17(19,32-16)25-5-10(22)14(35)24-15(25)28/h3-5,12-13,26-27H,6,19-21H2,1-2H3,(H,24,28,35)/t12-,13+,16-,17-,34?/m0/s1. The van der Waals surface area contributed by atoms with Gasteiger partial charge in [-0.1, -0.05) is 29.9 Å². The zero-order valence-electron chi connectivity index (χ0n) is 19.5. The maximum atomic E-state index is 16.4. The summed E-state index contributed by atoms with van der Waals surface area (Å²) in [6, 6.07) is 3.57. The van der Waals surface area contributed by atoms with E-state index >= 15 is 4.39 Å². The summed E-state index contributed by atoms with van der Waals surface area (Å²) < 4.78 is 65.5. The van der Waals surface area contributed by atoms with Gasteiger partial charge in [-0.25, -0.2) is 18.1 Å². The van der Waals surface area contributed by atoms with Gasteiger partial charge < -0.3 is 19.5 Å². The first kappa shape index (κ1) is 26.3. The van der Waals surface area contributed by atoms with Crippen molar-refractivity contribution < 1.29 is 41.9 Å². The van der Waals surface area contributed by atoms with E-state index in [1.807, 2.05) is 11.9 Å². The summed E-state index contributed by atoms with van der Waals surface area (Å²) in [4.78, 5) is 14.4. The van der Waals surface area contributed by atoms with Crippen LogP contribution in [-0.4, -0.2) is 66.8 Å². The Morgan fingerprint density at radius 2 is 2.00 bits per heavy atom. The summed E-state index contributed by atoms with van der Waals surface area (Å²) in [7, 11) is -1.19. The Kier molecular flexibility index (Phi) is 6.28. The number of aryl methyl sites for hydroxylation is 2. The number of fused-ring (bicyclic) bond motifs is 1. The summed E-state index contributed by atoms with van der Waals surface area (Å²) in [6.45, 7) is 3.45. The van der Waals surface area contributed by atoms with E-state index < -0.39 is 53.1 Å². The van der Waals surface area contributed by atoms with Crippen molar-refractivity contribution in [2.75, 3.05) is 0 Å². The molecule has 0 bridgehead atoms. The van der Waals surface area contributed by atoms with Gasteiger partial charge in [0, 0.05) is 11.8 Å². The van der Waals surface area contributed by atoms with Crippen LogP contribution in [0.3, 0.4) is 0 Å². The first-order chi connectivity index (χ1) is 16.0. The highest BCUT2D eigenvalue weighted by Gasteiger charge is 2.69. The number of aliphatic hydroxyl groups is 2. The number of phosphoric ester groups is 1. The summed E-state index contributed by atoms with van der Waals surface area (Å²) in [5.74, 6) is -4.06. The van der Waals surface area contributed by atoms with Crippen LogP contribution in [0.25, 0.3) is 0 Å². The van der Waals surface area contributed by atoms with Gasteiger partial charge >= 0.3 is 13.5 Å². The van der Waals surface area contributed by atoms with E-state index in [0.29, 0.717) is 21.9 Å². The second-order valence-corrected chi connectivity index (χ2v) is 11.2. The molecule has 2 aromatic rings. The van der Waals surface area contributed by atoms with E-state index in [1.54, 1.807) is 19.1 Å². The van der Waals surface area contributed by atoms with Gasteiger partial charge in [-0.05, 0) is 19.4 Å². The molecule has 17 heteroatoms. The molecule has 35 heavy (non-hydrogen) atoms. The molecule has 2 aliphatic heterocycles. The normalized spacial score (nSPS) is 32.7. The number of phosphoric acid groups is 1. The third-order valence-electron chi connectivity index (χ3n) is 6.20. The van der Waals surface area contributed by atoms with Gasteiger partial charge in [0.1, 0.15) is 43.9 Å². The van der Waals surface area contributed by atoms with E-state index in [4.69, 9.17) is 18.3 Å². The molecule has 0 amide bonds. The molecule has 1 fully saturated rings. The number of benzene rings is 1. The first-order valence-corrected chi connectivity index (χ1v) is 12.4. The summed E-state index contributed by atoms with van der Waals surface area (Å²) in [6.07, 6.45) is -3.79. The van der Waals surface area contributed by atoms with Gasteiger partial charge in [-0.3, -0.25) is 18.6 Å². The van der Waals surface area contributed by atoms with Crippen molar-refractivity contribution >= 4 is 43.6 Å². The Morgan fingerprint density at radius 3 is 2.66 bits per heavy atom. The predicted molar refractivity (Wildman–Crippen MR) is 129 cm³/mol. The smallest absolute Gasteiger partial charge is 0.403 e. The number of alkyl halides is 1. The lowest BCUT2D eigenvalue weighted by atomic mass is 9.59. The molecule has 4 rings (SSSR count). The predicted octanol–water partition coefficient (Wildman–Crippen LogP) is -1.02. The minimum Gasteiger partial charge on any atom is -0.403 e. The lowest BCUT2D eigenvalue weighted by Crippen LogP contribution is -2.60. The highest BCUT2D eigenvalue weighted by Crippen LogP contribution is 2.59. The second kappa shape index (κ2) is 8.37. The summed E-state index contributed by atoms with van der Waals surface area (Å²) >= 11 is 4.67. The van der Waals surface area contributed by atoms with Gasteiger partial charge in [0.25, 0.3) is 5.85 Å². The van der Waals surface area contributed by atoms with Gasteiger partial charge in [-0.15, -0.1) is 0 Å². The fourth-order valence-electron chi connectivity index (χ4n) is 4.32. The quantitative estimate of drug-likeness (QED) is 0.259. The molecule has 10 nitrogen and oxygen atoms in total. The molecule has 5 atom stereocenters. The van der Waals surface area contributed by atoms with Crippen LogP contribution in [0.5, 0.6) is 5.75 Å². The molecular formula is C18H22B3F2N2O8PS. The molecule has 1 aromatic carbocycles. The van der Waals surface area contributed by atoms with Crippen molar-refractivity contribution in [2.24, 2.45) is 0 Å². The molecular weight excluding hydrogens is 506 g/mol. The zero-order chi connectivity index (χ0) is 26.1. The molecule has 0 saturated carbocycles. The van der Waals surface area contributed by atoms with Crippen LogP contribution >= 0.6 is 20.0 Å². The number of ether oxygens (including phenoxy) is 1. The maximum absolute atomic E-state index is 16.4. The van der Waals surface area contributed by atoms with E-state index in [1.165, 1.54) is 0 Å². The molecule has 0 spiro atoms. The van der Waals surface area contributed by atoms with Crippen molar-refractivity contribution in [1.29, 1.82) is 0 Å². The first-order valence-electron chi connectivity index (χ1n) is 10.6. The van der Waals surface area contributed by atoms with E-state index in [2.05, 4.69) is 12.2 Å². The number of aliphatic hydroxyl groups excluding tert-OH is 2. The van der Waals surface area contributed by atoms with Crippen molar-refractivity contribution in [3.63, 3.8) is 0 Å². The van der Waals surface area contributed by atoms with Crippen molar-refractivity contribution in [2.45, 2.75) is 49.5 Å². The third-order valence-corrected chi connectivity index (χ3v) is 8.03. The van der Waals surface area contributed by atoms with Crippen molar-refractivity contribution in [1.82, 2.24) is 9.55 Å². The molecule has 0 radical (unpaired) electrons. The largest absolute Gasteiger partial charge is 0.529 e. The second-order valence-electron chi connectivity index (χ2n) is 9.28. The highest BCUT2D eigenvalue weighted by atomic mass is 32.1. The average molecular weight is 528 g/mol. The number of halogens is 2. The number of rotatable bonds is 4. The molecule has 1 unspecified atom stereocenters. The number of hydrogen-bond donors (Lipinski definition) is 3. The fraction of sp³-hybridized carbons (Fsp3) is 0.444. The maximum Gasteiger partial charge on any atom is 0.529 e. The Labute approximate surface area is 206 Å². The highest BCUT2D eigenvalue weighted by molar-refractivity contribution is 7.71. The van der Waals surface area contributed by atoms with Crippen LogP contribution in [0.4, 0.5) is 8.78 Å². The van der Waals surface area contributed by atoms with Crippen LogP contribution in [-0.2, 0) is 30.6 Å². The molecule has 0 aliphatic carbocycles. The Bertz CT molecular complexity index is 1380. The number of nitrogens with zero attached hydrogens (tertiary/aromatic N) is 1. The van der Waals surface area contributed by atoms with Crippen LogP contribution in [0.15, 0.2) is 23.1 Å². The van der Waals surface area contributed by atoms with Gasteiger partial charge in [0.2, 0.25) is 0 Å². The summed E-state index contributed by atoms with van der Waals surface area (Å²) in [5.41, 5.74) is -1.13. The lowest BCUT2D eigenvalue weighted by Gasteiger charge is -2.41. The molecule has 186 valence electrons. The van der Waals surface area contributed by atoms with Crippen LogP contribution < -0.4 is 10.2 Å². The van der Waals surface area contributed by atoms with Gasteiger partial charge in [-0.2, -0.15) is 0 Å². The van der Waals surface area contributed by atoms with Crippen LogP contribution in [0.1, 0.15) is 16.7 Å². The number of nitrogens with one attached hydrogen (secondary N) is 1. The number of aromatic nitrogens is 2. The summed E-state index contributed by atoms with van der Waals surface area (Å²) in [5, 5.41) is 19.1. The molecule has 3 N–H and O–H groups in total. The van der Waals surface area contributed by atoms with Crippen molar-refractivity contribution in [3.05, 3.63) is 56.0 Å². The van der Waals surface area contributed by atoms with Gasteiger partial charge in [0.15, 0.2) is 13.7 Å². The molecule has 2 aliphatic rings. The van der Waals surface area contributed by atoms with E-state index in [0.717, 1.165) is 29.1 Å². The Hall–Kier alpha value is -1.80. The molecule has 1 saturated heterocycles. The van der Waals surface area contributed by atoms with Crippen LogP contribution in [0, 0.1) is 24.3 Å².